The number of nitrogens with zero attached hydrogens (tertiary/aromatic N) is 1. The van der Waals surface area contributed by atoms with Crippen LogP contribution in [-0.4, -0.2) is 25.3 Å². The first kappa shape index (κ1) is 15.3. The van der Waals surface area contributed by atoms with E-state index in [0.29, 0.717) is 17.1 Å². The minimum atomic E-state index is -3.42. The number of nitrogen functional groups attached to an aromatic ring is 1. The molecular weight excluding hydrogens is 272 g/mol. The van der Waals surface area contributed by atoms with Gasteiger partial charge in [-0.05, 0) is 56.4 Å². The van der Waals surface area contributed by atoms with E-state index in [4.69, 9.17) is 5.73 Å². The van der Waals surface area contributed by atoms with Crippen LogP contribution in [0.3, 0.4) is 0 Å². The average molecular weight is 296 g/mol. The van der Waals surface area contributed by atoms with E-state index in [9.17, 15) is 8.42 Å². The number of hydrogen-bond donors (Lipinski definition) is 1. The zero-order chi connectivity index (χ0) is 14.9. The molecule has 1 aliphatic rings. The molecule has 0 amide bonds. The van der Waals surface area contributed by atoms with Crippen LogP contribution >= 0.6 is 0 Å². The predicted octanol–water partition coefficient (Wildman–Crippen LogP) is 2.84. The van der Waals surface area contributed by atoms with Crippen molar-refractivity contribution in [3.63, 3.8) is 0 Å². The summed E-state index contributed by atoms with van der Waals surface area (Å²) in [6, 6.07) is 3.52. The number of hydrogen-bond acceptors (Lipinski definition) is 3. The molecule has 5 heteroatoms. The van der Waals surface area contributed by atoms with Gasteiger partial charge in [0, 0.05) is 18.3 Å². The summed E-state index contributed by atoms with van der Waals surface area (Å²) in [5.41, 5.74) is 8.36. The lowest BCUT2D eigenvalue weighted by atomic mass is 10.1. The fraction of sp³-hybridized carbons (Fsp3) is 0.600. The van der Waals surface area contributed by atoms with E-state index in [2.05, 4.69) is 6.92 Å². The molecule has 1 saturated carbocycles. The van der Waals surface area contributed by atoms with Gasteiger partial charge in [0.2, 0.25) is 10.0 Å². The zero-order valence-corrected chi connectivity index (χ0v) is 13.3. The van der Waals surface area contributed by atoms with Crippen LogP contribution in [0.15, 0.2) is 17.0 Å². The number of benzene rings is 1. The number of anilines is 1. The second kappa shape index (κ2) is 5.74. The summed E-state index contributed by atoms with van der Waals surface area (Å²) in [5.74, 6) is 0. The van der Waals surface area contributed by atoms with Gasteiger partial charge in [-0.15, -0.1) is 0 Å². The lowest BCUT2D eigenvalue weighted by Gasteiger charge is -2.22. The van der Waals surface area contributed by atoms with Crippen LogP contribution < -0.4 is 5.73 Å². The minimum Gasteiger partial charge on any atom is -0.398 e. The van der Waals surface area contributed by atoms with E-state index in [1.165, 1.54) is 0 Å². The molecule has 20 heavy (non-hydrogen) atoms. The number of sulfonamides is 1. The van der Waals surface area contributed by atoms with Crippen LogP contribution in [-0.2, 0) is 10.0 Å². The third kappa shape index (κ3) is 2.99. The molecule has 0 atom stereocenters. The summed E-state index contributed by atoms with van der Waals surface area (Å²) in [6.07, 6.45) is 3.84. The van der Waals surface area contributed by atoms with E-state index in [1.54, 1.807) is 16.4 Å². The second-order valence-electron chi connectivity index (χ2n) is 5.65. The Balaban J connectivity index is 2.37. The normalized spacial score (nSPS) is 15.8. The quantitative estimate of drug-likeness (QED) is 0.821. The zero-order valence-electron chi connectivity index (χ0n) is 12.5. The largest absolute Gasteiger partial charge is 0.398 e. The Bertz CT molecular complexity index is 569. The van der Waals surface area contributed by atoms with Crippen molar-refractivity contribution in [2.24, 2.45) is 0 Å². The van der Waals surface area contributed by atoms with Crippen molar-refractivity contribution in [1.82, 2.24) is 4.31 Å². The molecule has 0 radical (unpaired) electrons. The van der Waals surface area contributed by atoms with Crippen LogP contribution in [0.5, 0.6) is 0 Å². The van der Waals surface area contributed by atoms with Gasteiger partial charge in [0.05, 0.1) is 4.90 Å². The van der Waals surface area contributed by atoms with Crippen LogP contribution in [0.2, 0.25) is 0 Å². The fourth-order valence-electron chi connectivity index (χ4n) is 2.31. The van der Waals surface area contributed by atoms with E-state index < -0.39 is 10.0 Å². The van der Waals surface area contributed by atoms with Gasteiger partial charge in [0.15, 0.2) is 0 Å². The molecule has 0 saturated heterocycles. The van der Waals surface area contributed by atoms with Gasteiger partial charge < -0.3 is 5.73 Å². The maximum absolute atomic E-state index is 12.8. The van der Waals surface area contributed by atoms with Gasteiger partial charge >= 0.3 is 0 Å². The van der Waals surface area contributed by atoms with Gasteiger partial charge in [-0.1, -0.05) is 13.3 Å². The highest BCUT2D eigenvalue weighted by atomic mass is 32.2. The molecule has 0 unspecified atom stereocenters. The third-order valence-electron chi connectivity index (χ3n) is 3.97. The van der Waals surface area contributed by atoms with Crippen molar-refractivity contribution in [3.05, 3.63) is 23.3 Å². The minimum absolute atomic E-state index is 0.189. The molecule has 2 rings (SSSR count). The molecule has 0 aliphatic heterocycles. The highest BCUT2D eigenvalue weighted by molar-refractivity contribution is 7.89. The first-order valence-corrected chi connectivity index (χ1v) is 8.70. The molecule has 0 heterocycles. The Morgan fingerprint density at radius 2 is 1.95 bits per heavy atom. The summed E-state index contributed by atoms with van der Waals surface area (Å²) in [4.78, 5) is 0.334. The van der Waals surface area contributed by atoms with Crippen molar-refractivity contribution in [2.75, 3.05) is 12.3 Å². The van der Waals surface area contributed by atoms with Crippen molar-refractivity contribution >= 4 is 15.7 Å². The number of unbranched alkanes of at least 4 members (excludes halogenated alkanes) is 1. The third-order valence-corrected chi connectivity index (χ3v) is 5.90. The fourth-order valence-corrected chi connectivity index (χ4v) is 4.16. The van der Waals surface area contributed by atoms with Crippen molar-refractivity contribution in [3.8, 4) is 0 Å². The molecule has 1 aliphatic carbocycles. The highest BCUT2D eigenvalue weighted by Crippen LogP contribution is 2.33. The molecule has 112 valence electrons. The first-order valence-electron chi connectivity index (χ1n) is 7.26. The van der Waals surface area contributed by atoms with E-state index >= 15 is 0 Å². The van der Waals surface area contributed by atoms with E-state index in [-0.39, 0.29) is 6.04 Å². The molecule has 0 spiro atoms. The van der Waals surface area contributed by atoms with Crippen molar-refractivity contribution < 1.29 is 8.42 Å². The van der Waals surface area contributed by atoms with Gasteiger partial charge in [0.1, 0.15) is 0 Å². The summed E-state index contributed by atoms with van der Waals surface area (Å²) < 4.78 is 27.3. The predicted molar refractivity (Wildman–Crippen MR) is 82.2 cm³/mol. The smallest absolute Gasteiger partial charge is 0.243 e. The van der Waals surface area contributed by atoms with Gasteiger partial charge in [-0.25, -0.2) is 8.42 Å². The van der Waals surface area contributed by atoms with Crippen LogP contribution in [0.25, 0.3) is 0 Å². The first-order chi connectivity index (χ1) is 9.37. The van der Waals surface area contributed by atoms with Gasteiger partial charge in [0.25, 0.3) is 0 Å². The van der Waals surface area contributed by atoms with Crippen molar-refractivity contribution in [1.29, 1.82) is 0 Å². The Kier molecular flexibility index (Phi) is 4.39. The SMILES string of the molecule is CCCCN(C1CC1)S(=O)(=O)c1cc(C)c(C)c(N)c1. The molecular formula is C15H24N2O2S. The standard InChI is InChI=1S/C15H24N2O2S/c1-4-5-8-17(13-6-7-13)20(18,19)14-9-11(2)12(3)15(16)10-14/h9-10,13H,4-8,16H2,1-3H3. The van der Waals surface area contributed by atoms with Crippen LogP contribution in [0, 0.1) is 13.8 Å². The summed E-state index contributed by atoms with van der Waals surface area (Å²) in [5, 5.41) is 0. The monoisotopic (exact) mass is 296 g/mol. The van der Waals surface area contributed by atoms with Crippen molar-refractivity contribution in [2.45, 2.75) is 57.4 Å². The number of nitrogens with two attached hydrogens (primary N) is 1. The lowest BCUT2D eigenvalue weighted by molar-refractivity contribution is 0.395. The molecule has 2 N–H and O–H groups in total. The lowest BCUT2D eigenvalue weighted by Crippen LogP contribution is -2.34. The van der Waals surface area contributed by atoms with E-state index in [0.717, 1.165) is 36.8 Å². The second-order valence-corrected chi connectivity index (χ2v) is 7.55. The van der Waals surface area contributed by atoms with Crippen LogP contribution in [0.4, 0.5) is 5.69 Å². The molecule has 4 nitrogen and oxygen atoms in total. The highest BCUT2D eigenvalue weighted by Gasteiger charge is 2.37. The number of aryl methyl sites for hydroxylation is 1. The van der Waals surface area contributed by atoms with Gasteiger partial charge in [-0.2, -0.15) is 4.31 Å². The summed E-state index contributed by atoms with van der Waals surface area (Å²) in [7, 11) is -3.42. The topological polar surface area (TPSA) is 63.4 Å². The molecule has 1 aromatic rings. The maximum Gasteiger partial charge on any atom is 0.243 e. The summed E-state index contributed by atoms with van der Waals surface area (Å²) in [6.45, 7) is 6.50. The van der Waals surface area contributed by atoms with Crippen LogP contribution in [0.1, 0.15) is 43.7 Å². The average Bonchev–Trinajstić information content (AvgIpc) is 3.20. The molecule has 0 bridgehead atoms. The Hall–Kier alpha value is -1.07. The van der Waals surface area contributed by atoms with E-state index in [1.807, 2.05) is 13.8 Å². The molecule has 1 fully saturated rings. The summed E-state index contributed by atoms with van der Waals surface area (Å²) >= 11 is 0. The Labute approximate surface area is 122 Å². The number of rotatable bonds is 6. The van der Waals surface area contributed by atoms with Gasteiger partial charge in [-0.3, -0.25) is 0 Å². The Morgan fingerprint density at radius 3 is 2.45 bits per heavy atom. The maximum atomic E-state index is 12.8. The Morgan fingerprint density at radius 1 is 1.30 bits per heavy atom. The molecule has 1 aromatic carbocycles. The molecule has 0 aromatic heterocycles.